The van der Waals surface area contributed by atoms with Gasteiger partial charge in [-0.3, -0.25) is 24.3 Å². The topological polar surface area (TPSA) is 92.3 Å². The average molecular weight is 469 g/mol. The molecule has 0 aliphatic carbocycles. The van der Waals surface area contributed by atoms with E-state index in [9.17, 15) is 14.4 Å². The molecule has 4 aromatic rings. The molecule has 168 valence electrons. The molecule has 1 N–H and O–H groups in total. The first-order valence-electron chi connectivity index (χ1n) is 10.8. The fraction of sp³-hybridized carbons (Fsp3) is 0.115. The van der Waals surface area contributed by atoms with E-state index in [1.54, 1.807) is 24.5 Å². The Hall–Kier alpha value is -4.17. The molecular weight excluding hydrogens is 448 g/mol. The molecule has 1 aliphatic heterocycles. The predicted molar refractivity (Wildman–Crippen MR) is 128 cm³/mol. The largest absolute Gasteiger partial charge is 0.346 e. The maximum absolute atomic E-state index is 12.9. The van der Waals surface area contributed by atoms with E-state index in [-0.39, 0.29) is 29.8 Å². The quantitative estimate of drug-likeness (QED) is 0.414. The molecule has 0 fully saturated rings. The minimum Gasteiger partial charge on any atom is -0.346 e. The second kappa shape index (κ2) is 9.36. The molecule has 8 heteroatoms. The zero-order chi connectivity index (χ0) is 23.5. The second-order valence-electron chi connectivity index (χ2n) is 7.83. The summed E-state index contributed by atoms with van der Waals surface area (Å²) in [6, 6.07) is 18.1. The van der Waals surface area contributed by atoms with Crippen molar-refractivity contribution in [2.45, 2.75) is 13.0 Å². The van der Waals surface area contributed by atoms with Gasteiger partial charge in [0.1, 0.15) is 5.01 Å². The Bertz CT molecular complexity index is 1370. The number of carbonyl (C=O) groups is 3. The third-order valence-electron chi connectivity index (χ3n) is 5.59. The fourth-order valence-corrected chi connectivity index (χ4v) is 4.61. The summed E-state index contributed by atoms with van der Waals surface area (Å²) in [7, 11) is 0. The summed E-state index contributed by atoms with van der Waals surface area (Å²) in [6.45, 7) is 0.545. The average Bonchev–Trinajstić information content (AvgIpc) is 3.45. The van der Waals surface area contributed by atoms with Crippen molar-refractivity contribution >= 4 is 29.1 Å². The number of benzene rings is 2. The lowest BCUT2D eigenvalue weighted by Gasteiger charge is -2.13. The summed E-state index contributed by atoms with van der Waals surface area (Å²) < 4.78 is 0. The number of aromatic nitrogens is 2. The van der Waals surface area contributed by atoms with Crippen LogP contribution in [0.25, 0.3) is 10.6 Å². The van der Waals surface area contributed by atoms with Crippen LogP contribution >= 0.6 is 11.3 Å². The Labute approximate surface area is 200 Å². The van der Waals surface area contributed by atoms with Gasteiger partial charge in [-0.25, -0.2) is 4.98 Å². The number of nitrogens with one attached hydrogen (secondary N) is 1. The van der Waals surface area contributed by atoms with Crippen molar-refractivity contribution in [2.75, 3.05) is 6.54 Å². The molecule has 2 aromatic carbocycles. The number of imide groups is 1. The summed E-state index contributed by atoms with van der Waals surface area (Å²) in [5, 5.41) is 5.55. The molecule has 3 amide bonds. The van der Waals surface area contributed by atoms with Gasteiger partial charge < -0.3 is 5.32 Å². The van der Waals surface area contributed by atoms with Crippen molar-refractivity contribution in [3.05, 3.63) is 106 Å². The highest BCUT2D eigenvalue weighted by Gasteiger charge is 2.35. The van der Waals surface area contributed by atoms with E-state index in [4.69, 9.17) is 0 Å². The fourth-order valence-electron chi connectivity index (χ4n) is 3.80. The molecule has 0 unspecified atom stereocenters. The molecule has 2 aromatic heterocycles. The lowest BCUT2D eigenvalue weighted by atomic mass is 10.1. The van der Waals surface area contributed by atoms with E-state index in [1.165, 1.54) is 22.3 Å². The molecule has 7 nitrogen and oxygen atoms in total. The van der Waals surface area contributed by atoms with E-state index < -0.39 is 0 Å². The van der Waals surface area contributed by atoms with Crippen LogP contribution in [-0.4, -0.2) is 39.1 Å². The molecular formula is C26H20N4O3S. The summed E-state index contributed by atoms with van der Waals surface area (Å²) in [5.41, 5.74) is 3.62. The number of nitrogens with zero attached hydrogens (tertiary/aromatic N) is 3. The minimum atomic E-state index is -0.369. The van der Waals surface area contributed by atoms with Crippen molar-refractivity contribution in [2.24, 2.45) is 0 Å². The van der Waals surface area contributed by atoms with Gasteiger partial charge in [0, 0.05) is 35.4 Å². The maximum Gasteiger partial charge on any atom is 0.261 e. The van der Waals surface area contributed by atoms with Gasteiger partial charge in [-0.05, 0) is 42.3 Å². The van der Waals surface area contributed by atoms with Gasteiger partial charge in [0.15, 0.2) is 0 Å². The summed E-state index contributed by atoms with van der Waals surface area (Å²) in [5.74, 6) is -1.03. The molecule has 0 atom stereocenters. The Morgan fingerprint density at radius 3 is 2.59 bits per heavy atom. The highest BCUT2D eigenvalue weighted by molar-refractivity contribution is 7.13. The Morgan fingerprint density at radius 2 is 1.79 bits per heavy atom. The summed E-state index contributed by atoms with van der Waals surface area (Å²) in [6.07, 6.45) is 4.02. The van der Waals surface area contributed by atoms with Crippen LogP contribution in [0.4, 0.5) is 0 Å². The van der Waals surface area contributed by atoms with E-state index >= 15 is 0 Å². The van der Waals surface area contributed by atoms with Gasteiger partial charge in [-0.15, -0.1) is 11.3 Å². The van der Waals surface area contributed by atoms with Gasteiger partial charge in [0.2, 0.25) is 0 Å². The number of carbonyl (C=O) groups excluding carboxylic acids is 3. The number of thiazole rings is 1. The molecule has 0 bridgehead atoms. The first-order chi connectivity index (χ1) is 16.6. The zero-order valence-corrected chi connectivity index (χ0v) is 18.9. The Kier molecular flexibility index (Phi) is 5.97. The number of amides is 3. The first-order valence-corrected chi connectivity index (χ1v) is 11.7. The normalized spacial score (nSPS) is 12.6. The SMILES string of the molecule is O=C(NCc1csc(-c2cccnc2)n1)c1ccc2c(c1)C(=O)N(CCc1ccccc1)C2=O. The monoisotopic (exact) mass is 468 g/mol. The van der Waals surface area contributed by atoms with Crippen LogP contribution in [0.15, 0.2) is 78.4 Å². The third-order valence-corrected chi connectivity index (χ3v) is 6.53. The van der Waals surface area contributed by atoms with E-state index in [0.717, 1.165) is 21.8 Å². The van der Waals surface area contributed by atoms with Gasteiger partial charge in [0.05, 0.1) is 23.4 Å². The lowest BCUT2D eigenvalue weighted by molar-refractivity contribution is 0.0656. The van der Waals surface area contributed by atoms with Crippen LogP contribution in [0.3, 0.4) is 0 Å². The van der Waals surface area contributed by atoms with Crippen molar-refractivity contribution in [1.82, 2.24) is 20.2 Å². The molecule has 0 spiro atoms. The van der Waals surface area contributed by atoms with Crippen LogP contribution < -0.4 is 5.32 Å². The molecule has 1 aliphatic rings. The van der Waals surface area contributed by atoms with Gasteiger partial charge in [-0.2, -0.15) is 0 Å². The van der Waals surface area contributed by atoms with Crippen molar-refractivity contribution in [3.8, 4) is 10.6 Å². The van der Waals surface area contributed by atoms with Crippen LogP contribution in [0.5, 0.6) is 0 Å². The highest BCUT2D eigenvalue weighted by Crippen LogP contribution is 2.25. The van der Waals surface area contributed by atoms with E-state index in [1.807, 2.05) is 47.8 Å². The van der Waals surface area contributed by atoms with Gasteiger partial charge >= 0.3 is 0 Å². The molecule has 5 rings (SSSR count). The lowest BCUT2D eigenvalue weighted by Crippen LogP contribution is -2.31. The van der Waals surface area contributed by atoms with Crippen molar-refractivity contribution in [3.63, 3.8) is 0 Å². The van der Waals surface area contributed by atoms with Crippen LogP contribution in [-0.2, 0) is 13.0 Å². The second-order valence-corrected chi connectivity index (χ2v) is 8.68. The highest BCUT2D eigenvalue weighted by atomic mass is 32.1. The van der Waals surface area contributed by atoms with E-state index in [0.29, 0.717) is 24.1 Å². The van der Waals surface area contributed by atoms with Gasteiger partial charge in [0.25, 0.3) is 17.7 Å². The minimum absolute atomic E-state index is 0.253. The Balaban J connectivity index is 1.24. The number of hydrogen-bond donors (Lipinski definition) is 1. The maximum atomic E-state index is 12.9. The molecule has 34 heavy (non-hydrogen) atoms. The number of rotatable bonds is 7. The zero-order valence-electron chi connectivity index (χ0n) is 18.1. The summed E-state index contributed by atoms with van der Waals surface area (Å²) >= 11 is 1.48. The third kappa shape index (κ3) is 4.35. The first kappa shape index (κ1) is 21.7. The molecule has 0 saturated carbocycles. The summed E-state index contributed by atoms with van der Waals surface area (Å²) in [4.78, 5) is 48.2. The van der Waals surface area contributed by atoms with Crippen molar-refractivity contribution < 1.29 is 14.4 Å². The van der Waals surface area contributed by atoms with Gasteiger partial charge in [-0.1, -0.05) is 30.3 Å². The standard InChI is InChI=1S/C26H20N4O3S/c31-23(28-15-20-16-34-24(29-20)19-7-4-11-27-14-19)18-8-9-21-22(13-18)26(33)30(25(21)32)12-10-17-5-2-1-3-6-17/h1-9,11,13-14,16H,10,12,15H2,(H,28,31). The van der Waals surface area contributed by atoms with Crippen LogP contribution in [0, 0.1) is 0 Å². The van der Waals surface area contributed by atoms with Crippen LogP contribution in [0.1, 0.15) is 42.3 Å². The van der Waals surface area contributed by atoms with Crippen LogP contribution in [0.2, 0.25) is 0 Å². The molecule has 0 radical (unpaired) electrons. The smallest absolute Gasteiger partial charge is 0.261 e. The molecule has 0 saturated heterocycles. The Morgan fingerprint density at radius 1 is 0.971 bits per heavy atom. The number of hydrogen-bond acceptors (Lipinski definition) is 6. The van der Waals surface area contributed by atoms with Crippen molar-refractivity contribution in [1.29, 1.82) is 0 Å². The van der Waals surface area contributed by atoms with E-state index in [2.05, 4.69) is 15.3 Å². The number of pyridine rings is 1. The predicted octanol–water partition coefficient (Wildman–Crippen LogP) is 3.97. The molecule has 3 heterocycles. The number of fused-ring (bicyclic) bond motifs is 1.